The molecule has 0 unspecified atom stereocenters. The number of nitrogens with one attached hydrogen (secondary N) is 1. The van der Waals surface area contributed by atoms with Crippen LogP contribution in [0, 0.1) is 0 Å². The quantitative estimate of drug-likeness (QED) is 0.717. The van der Waals surface area contributed by atoms with E-state index in [4.69, 9.17) is 0 Å². The highest BCUT2D eigenvalue weighted by Gasteiger charge is 2.07. The zero-order valence-corrected chi connectivity index (χ0v) is 14.4. The summed E-state index contributed by atoms with van der Waals surface area (Å²) < 4.78 is 0. The molecular formula is C17H32N4. The van der Waals surface area contributed by atoms with Gasteiger partial charge >= 0.3 is 0 Å². The predicted molar refractivity (Wildman–Crippen MR) is 90.3 cm³/mol. The van der Waals surface area contributed by atoms with Crippen LogP contribution in [0.3, 0.4) is 0 Å². The van der Waals surface area contributed by atoms with Crippen molar-refractivity contribution in [3.63, 3.8) is 0 Å². The summed E-state index contributed by atoms with van der Waals surface area (Å²) in [5.41, 5.74) is 2.42. The molecule has 1 heterocycles. The molecule has 0 aliphatic carbocycles. The Kier molecular flexibility index (Phi) is 8.50. The summed E-state index contributed by atoms with van der Waals surface area (Å²) in [7, 11) is 4.25. The van der Waals surface area contributed by atoms with E-state index in [0.717, 1.165) is 38.4 Å². The van der Waals surface area contributed by atoms with E-state index in [-0.39, 0.29) is 0 Å². The van der Waals surface area contributed by atoms with E-state index in [1.165, 1.54) is 12.0 Å². The summed E-state index contributed by atoms with van der Waals surface area (Å²) in [5.74, 6) is 0. The average Bonchev–Trinajstić information content (AvgIpc) is 2.44. The van der Waals surface area contributed by atoms with E-state index in [0.29, 0.717) is 6.04 Å². The molecule has 0 amide bonds. The Bertz CT molecular complexity index is 373. The summed E-state index contributed by atoms with van der Waals surface area (Å²) in [5, 5.41) is 3.42. The molecule has 0 fully saturated rings. The maximum atomic E-state index is 4.61. The molecule has 0 saturated heterocycles. The van der Waals surface area contributed by atoms with Crippen LogP contribution in [0.5, 0.6) is 0 Å². The van der Waals surface area contributed by atoms with Gasteiger partial charge in [-0.25, -0.2) is 0 Å². The molecule has 0 bridgehead atoms. The minimum atomic E-state index is 0.510. The number of rotatable bonds is 10. The lowest BCUT2D eigenvalue weighted by atomic mass is 10.2. The number of nitrogens with zero attached hydrogens (tertiary/aromatic N) is 3. The van der Waals surface area contributed by atoms with Crippen LogP contribution >= 0.6 is 0 Å². The highest BCUT2D eigenvalue weighted by molar-refractivity contribution is 5.14. The highest BCUT2D eigenvalue weighted by Crippen LogP contribution is 2.05. The molecule has 1 aromatic heterocycles. The van der Waals surface area contributed by atoms with Crippen molar-refractivity contribution in [3.05, 3.63) is 29.6 Å². The minimum Gasteiger partial charge on any atom is -0.310 e. The fourth-order valence-electron chi connectivity index (χ4n) is 2.13. The summed E-state index contributed by atoms with van der Waals surface area (Å²) >= 11 is 0. The van der Waals surface area contributed by atoms with Crippen LogP contribution in [0.25, 0.3) is 0 Å². The van der Waals surface area contributed by atoms with Gasteiger partial charge in [-0.1, -0.05) is 26.8 Å². The molecule has 0 radical (unpaired) electrons. The first kappa shape index (κ1) is 18.1. The van der Waals surface area contributed by atoms with E-state index in [9.17, 15) is 0 Å². The minimum absolute atomic E-state index is 0.510. The topological polar surface area (TPSA) is 31.4 Å². The molecule has 4 nitrogen and oxygen atoms in total. The molecule has 21 heavy (non-hydrogen) atoms. The van der Waals surface area contributed by atoms with Gasteiger partial charge in [-0.2, -0.15) is 0 Å². The predicted octanol–water partition coefficient (Wildman–Crippen LogP) is 2.35. The molecular weight excluding hydrogens is 260 g/mol. The molecule has 1 N–H and O–H groups in total. The Hall–Kier alpha value is -0.970. The maximum Gasteiger partial charge on any atom is 0.0544 e. The van der Waals surface area contributed by atoms with Gasteiger partial charge in [-0.3, -0.25) is 9.88 Å². The van der Waals surface area contributed by atoms with Crippen molar-refractivity contribution in [3.8, 4) is 0 Å². The highest BCUT2D eigenvalue weighted by atomic mass is 15.2. The standard InChI is InChI=1S/C17H32N4/c1-6-9-21(11-10-20(4)5)14-17-8-7-16(13-19-17)12-18-15(2)3/h7-8,13,15,18H,6,9-12,14H2,1-5H3. The van der Waals surface area contributed by atoms with Gasteiger partial charge in [-0.05, 0) is 38.7 Å². The Balaban J connectivity index is 2.50. The number of aromatic nitrogens is 1. The third-order valence-corrected chi connectivity index (χ3v) is 3.39. The Morgan fingerprint density at radius 2 is 1.90 bits per heavy atom. The van der Waals surface area contributed by atoms with Crippen molar-refractivity contribution >= 4 is 0 Å². The average molecular weight is 292 g/mol. The Labute approximate surface area is 130 Å². The zero-order valence-electron chi connectivity index (χ0n) is 14.4. The van der Waals surface area contributed by atoms with E-state index in [2.05, 4.69) is 67.1 Å². The monoisotopic (exact) mass is 292 g/mol. The molecule has 0 saturated carbocycles. The zero-order chi connectivity index (χ0) is 15.7. The fourth-order valence-corrected chi connectivity index (χ4v) is 2.13. The second-order valence-electron chi connectivity index (χ2n) is 6.27. The largest absolute Gasteiger partial charge is 0.310 e. The second-order valence-corrected chi connectivity index (χ2v) is 6.27. The van der Waals surface area contributed by atoms with E-state index < -0.39 is 0 Å². The maximum absolute atomic E-state index is 4.61. The molecule has 0 atom stereocenters. The third kappa shape index (κ3) is 8.15. The number of likely N-dealkylation sites (N-methyl/N-ethyl adjacent to an activating group) is 1. The van der Waals surface area contributed by atoms with E-state index in [1.807, 2.05) is 6.20 Å². The van der Waals surface area contributed by atoms with E-state index >= 15 is 0 Å². The second kappa shape index (κ2) is 9.87. The summed E-state index contributed by atoms with van der Waals surface area (Å²) in [6.07, 6.45) is 3.19. The lowest BCUT2D eigenvalue weighted by molar-refractivity contribution is 0.232. The molecule has 4 heteroatoms. The van der Waals surface area contributed by atoms with Crippen molar-refractivity contribution in [2.45, 2.75) is 46.3 Å². The molecule has 1 rings (SSSR count). The van der Waals surface area contributed by atoms with Crippen molar-refractivity contribution in [1.29, 1.82) is 0 Å². The van der Waals surface area contributed by atoms with Gasteiger partial charge in [0.15, 0.2) is 0 Å². The molecule has 120 valence electrons. The van der Waals surface area contributed by atoms with Gasteiger partial charge in [0, 0.05) is 38.4 Å². The van der Waals surface area contributed by atoms with Crippen molar-refractivity contribution in [2.24, 2.45) is 0 Å². The van der Waals surface area contributed by atoms with Crippen LogP contribution in [-0.4, -0.2) is 54.6 Å². The van der Waals surface area contributed by atoms with Gasteiger partial charge < -0.3 is 10.2 Å². The van der Waals surface area contributed by atoms with Crippen LogP contribution in [0.1, 0.15) is 38.4 Å². The van der Waals surface area contributed by atoms with Gasteiger partial charge in [0.1, 0.15) is 0 Å². The molecule has 0 aliphatic rings. The SMILES string of the molecule is CCCN(CCN(C)C)Cc1ccc(CNC(C)C)cn1. The van der Waals surface area contributed by atoms with Crippen molar-refractivity contribution in [1.82, 2.24) is 20.1 Å². The van der Waals surface area contributed by atoms with Gasteiger partial charge in [0.2, 0.25) is 0 Å². The van der Waals surface area contributed by atoms with Gasteiger partial charge in [-0.15, -0.1) is 0 Å². The third-order valence-electron chi connectivity index (χ3n) is 3.39. The number of hydrogen-bond acceptors (Lipinski definition) is 4. The van der Waals surface area contributed by atoms with Crippen molar-refractivity contribution in [2.75, 3.05) is 33.7 Å². The first-order chi connectivity index (χ1) is 10.0. The van der Waals surface area contributed by atoms with Crippen LogP contribution in [0.4, 0.5) is 0 Å². The van der Waals surface area contributed by atoms with Crippen LogP contribution in [0.15, 0.2) is 18.3 Å². The number of pyridine rings is 1. The normalized spacial score (nSPS) is 11.8. The van der Waals surface area contributed by atoms with Gasteiger partial charge in [0.05, 0.1) is 5.69 Å². The molecule has 0 spiro atoms. The Morgan fingerprint density at radius 3 is 2.43 bits per heavy atom. The van der Waals surface area contributed by atoms with Crippen LogP contribution in [-0.2, 0) is 13.1 Å². The van der Waals surface area contributed by atoms with Gasteiger partial charge in [0.25, 0.3) is 0 Å². The van der Waals surface area contributed by atoms with E-state index in [1.54, 1.807) is 0 Å². The molecule has 1 aromatic rings. The lowest BCUT2D eigenvalue weighted by Crippen LogP contribution is -2.32. The van der Waals surface area contributed by atoms with Crippen LogP contribution < -0.4 is 5.32 Å². The molecule has 0 aromatic carbocycles. The lowest BCUT2D eigenvalue weighted by Gasteiger charge is -2.23. The first-order valence-corrected chi connectivity index (χ1v) is 8.05. The first-order valence-electron chi connectivity index (χ1n) is 8.05. The van der Waals surface area contributed by atoms with Crippen molar-refractivity contribution < 1.29 is 0 Å². The van der Waals surface area contributed by atoms with Crippen LogP contribution in [0.2, 0.25) is 0 Å². The summed E-state index contributed by atoms with van der Waals surface area (Å²) in [4.78, 5) is 9.32. The number of hydrogen-bond donors (Lipinski definition) is 1. The summed E-state index contributed by atoms with van der Waals surface area (Å²) in [6.45, 7) is 11.7. The Morgan fingerprint density at radius 1 is 1.14 bits per heavy atom. The molecule has 0 aliphatic heterocycles. The summed E-state index contributed by atoms with van der Waals surface area (Å²) in [6, 6.07) is 4.86. The fraction of sp³-hybridized carbons (Fsp3) is 0.706. The smallest absolute Gasteiger partial charge is 0.0544 e.